The topological polar surface area (TPSA) is 134 Å². The second kappa shape index (κ2) is 14.0. The van der Waals surface area contributed by atoms with Gasteiger partial charge in [-0.2, -0.15) is 5.10 Å². The lowest BCUT2D eigenvalue weighted by atomic mass is 10.2. The fourth-order valence-corrected chi connectivity index (χ4v) is 3.53. The van der Waals surface area contributed by atoms with E-state index in [9.17, 15) is 14.4 Å². The van der Waals surface area contributed by atoms with Gasteiger partial charge in [-0.15, -0.1) is 0 Å². The maximum atomic E-state index is 12.3. The van der Waals surface area contributed by atoms with Gasteiger partial charge >= 0.3 is 5.97 Å². The van der Waals surface area contributed by atoms with E-state index in [1.54, 1.807) is 31.2 Å². The molecule has 0 unspecified atom stereocenters. The van der Waals surface area contributed by atoms with Crippen LogP contribution in [0.1, 0.15) is 22.8 Å². The van der Waals surface area contributed by atoms with Crippen LogP contribution in [0.2, 0.25) is 0 Å². The van der Waals surface area contributed by atoms with Crippen LogP contribution in [0.15, 0.2) is 35.4 Å². The lowest BCUT2D eigenvalue weighted by molar-refractivity contribution is -0.145. The van der Waals surface area contributed by atoms with Gasteiger partial charge in [-0.05, 0) is 65.4 Å². The average Bonchev–Trinajstić information content (AvgIpc) is 2.85. The van der Waals surface area contributed by atoms with Crippen LogP contribution >= 0.6 is 22.6 Å². The molecule has 2 amide bonds. The van der Waals surface area contributed by atoms with Gasteiger partial charge in [0.25, 0.3) is 11.8 Å². The Labute approximate surface area is 216 Å². The minimum Gasteiger partial charge on any atom is -0.493 e. The van der Waals surface area contributed by atoms with Gasteiger partial charge in [0.1, 0.15) is 0 Å². The quantitative estimate of drug-likeness (QED) is 0.164. The summed E-state index contributed by atoms with van der Waals surface area (Å²) in [5.41, 5.74) is 3.27. The summed E-state index contributed by atoms with van der Waals surface area (Å²) >= 11 is 2.03. The molecule has 0 radical (unpaired) electrons. The molecule has 0 saturated carbocycles. The lowest BCUT2D eigenvalue weighted by Gasteiger charge is -2.13. The van der Waals surface area contributed by atoms with Gasteiger partial charge < -0.3 is 29.0 Å². The Morgan fingerprint density at radius 1 is 1.00 bits per heavy atom. The molecule has 11 nitrogen and oxygen atoms in total. The van der Waals surface area contributed by atoms with Crippen molar-refractivity contribution in [2.45, 2.75) is 6.92 Å². The van der Waals surface area contributed by atoms with Crippen molar-refractivity contribution < 1.29 is 38.1 Å². The van der Waals surface area contributed by atoms with Crippen molar-refractivity contribution in [2.24, 2.45) is 5.10 Å². The van der Waals surface area contributed by atoms with Crippen molar-refractivity contribution >= 4 is 46.6 Å². The number of amides is 2. The molecule has 0 saturated heterocycles. The Bertz CT molecular complexity index is 1090. The molecule has 2 N–H and O–H groups in total. The van der Waals surface area contributed by atoms with E-state index in [-0.39, 0.29) is 19.8 Å². The molecule has 0 bridgehead atoms. The molecule has 12 heteroatoms. The molecule has 0 spiro atoms. The predicted octanol–water partition coefficient (Wildman–Crippen LogP) is 2.14. The molecule has 0 fully saturated rings. The van der Waals surface area contributed by atoms with Crippen molar-refractivity contribution in [3.8, 4) is 23.0 Å². The summed E-state index contributed by atoms with van der Waals surface area (Å²) in [7, 11) is 4.42. The number of hydrogen-bond acceptors (Lipinski definition) is 9. The molecule has 2 rings (SSSR count). The van der Waals surface area contributed by atoms with E-state index >= 15 is 0 Å². The van der Waals surface area contributed by atoms with Crippen LogP contribution in [0.25, 0.3) is 0 Å². The second-order valence-electron chi connectivity index (χ2n) is 6.67. The van der Waals surface area contributed by atoms with Crippen LogP contribution in [0, 0.1) is 3.57 Å². The van der Waals surface area contributed by atoms with E-state index in [1.807, 2.05) is 22.6 Å². The molecule has 0 heterocycles. The third-order valence-electron chi connectivity index (χ3n) is 4.35. The summed E-state index contributed by atoms with van der Waals surface area (Å²) in [6.07, 6.45) is 1.41. The maximum Gasteiger partial charge on any atom is 0.344 e. The summed E-state index contributed by atoms with van der Waals surface area (Å²) in [6, 6.07) is 8.04. The highest BCUT2D eigenvalue weighted by atomic mass is 127. The number of methoxy groups -OCH3 is 3. The van der Waals surface area contributed by atoms with E-state index < -0.39 is 17.8 Å². The van der Waals surface area contributed by atoms with Gasteiger partial charge in [0, 0.05) is 5.56 Å². The van der Waals surface area contributed by atoms with Crippen LogP contribution in [-0.4, -0.2) is 65.1 Å². The third-order valence-corrected chi connectivity index (χ3v) is 5.15. The Morgan fingerprint density at radius 2 is 1.71 bits per heavy atom. The number of halogens is 1. The van der Waals surface area contributed by atoms with E-state index in [2.05, 4.69) is 15.8 Å². The molecule has 2 aromatic carbocycles. The number of nitrogens with zero attached hydrogens (tertiary/aromatic N) is 1. The number of hydrazone groups is 1. The van der Waals surface area contributed by atoms with Gasteiger partial charge in [-0.1, -0.05) is 0 Å². The lowest BCUT2D eigenvalue weighted by Crippen LogP contribution is -2.34. The minimum absolute atomic E-state index is 0.251. The molecule has 0 atom stereocenters. The number of nitrogens with one attached hydrogen (secondary N) is 2. The molecule has 188 valence electrons. The fourth-order valence-electron chi connectivity index (χ4n) is 2.75. The van der Waals surface area contributed by atoms with Gasteiger partial charge in [0.15, 0.2) is 29.6 Å². The first kappa shape index (κ1) is 27.7. The van der Waals surface area contributed by atoms with Gasteiger partial charge in [-0.25, -0.2) is 10.2 Å². The third kappa shape index (κ3) is 8.31. The number of rotatable bonds is 12. The molecule has 2 aromatic rings. The van der Waals surface area contributed by atoms with Crippen molar-refractivity contribution in [1.29, 1.82) is 0 Å². The zero-order valence-corrected chi connectivity index (χ0v) is 21.8. The molecule has 0 aromatic heterocycles. The fraction of sp³-hybridized carbons (Fsp3) is 0.304. The Kier molecular flexibility index (Phi) is 11.1. The summed E-state index contributed by atoms with van der Waals surface area (Å²) in [5, 5.41) is 6.41. The Morgan fingerprint density at radius 3 is 2.37 bits per heavy atom. The number of carbonyl (C=O) groups excluding carboxylic acids is 3. The molecule has 0 aliphatic rings. The first-order valence-corrected chi connectivity index (χ1v) is 11.4. The normalized spacial score (nSPS) is 10.4. The van der Waals surface area contributed by atoms with E-state index in [1.165, 1.54) is 33.6 Å². The number of esters is 1. The van der Waals surface area contributed by atoms with Gasteiger partial charge in [-0.3, -0.25) is 9.59 Å². The second-order valence-corrected chi connectivity index (χ2v) is 7.84. The summed E-state index contributed by atoms with van der Waals surface area (Å²) in [5.74, 6) is 0.194. The SMILES string of the molecule is CCOC(=O)COc1c(I)cc(/C=N/NC(=O)CNC(=O)c2ccc(OC)c(OC)c2)cc1OC. The zero-order valence-electron chi connectivity index (χ0n) is 19.7. The molecule has 0 aliphatic heterocycles. The van der Waals surface area contributed by atoms with E-state index in [4.69, 9.17) is 23.7 Å². The highest BCUT2D eigenvalue weighted by Crippen LogP contribution is 2.33. The minimum atomic E-state index is -0.522. The number of hydrogen-bond donors (Lipinski definition) is 2. The van der Waals surface area contributed by atoms with Crippen molar-refractivity contribution in [3.05, 3.63) is 45.0 Å². The monoisotopic (exact) mass is 599 g/mol. The maximum absolute atomic E-state index is 12.3. The van der Waals surface area contributed by atoms with E-state index in [0.717, 1.165) is 0 Å². The standard InChI is InChI=1S/C23H26IN3O8/c1-5-34-21(29)13-35-22-16(24)8-14(9-19(22)33-4)11-26-27-20(28)12-25-23(30)15-6-7-17(31-2)18(10-15)32-3/h6-11H,5,12-13H2,1-4H3,(H,25,30)(H,27,28)/b26-11+. The Hall–Kier alpha value is -3.55. The molecular weight excluding hydrogens is 573 g/mol. The summed E-state index contributed by atoms with van der Waals surface area (Å²) < 4.78 is 26.7. The number of carbonyl (C=O) groups is 3. The highest BCUT2D eigenvalue weighted by Gasteiger charge is 2.14. The molecule has 35 heavy (non-hydrogen) atoms. The summed E-state index contributed by atoms with van der Waals surface area (Å²) in [4.78, 5) is 35.9. The van der Waals surface area contributed by atoms with Crippen LogP contribution in [0.4, 0.5) is 0 Å². The van der Waals surface area contributed by atoms with Crippen molar-refractivity contribution in [3.63, 3.8) is 0 Å². The molecular formula is C23H26IN3O8. The number of ether oxygens (including phenoxy) is 5. The van der Waals surface area contributed by atoms with E-state index in [0.29, 0.717) is 37.7 Å². The van der Waals surface area contributed by atoms with Crippen LogP contribution in [0.5, 0.6) is 23.0 Å². The number of benzene rings is 2. The highest BCUT2D eigenvalue weighted by molar-refractivity contribution is 14.1. The first-order chi connectivity index (χ1) is 16.8. The van der Waals surface area contributed by atoms with Crippen LogP contribution < -0.4 is 29.7 Å². The van der Waals surface area contributed by atoms with Gasteiger partial charge in [0.2, 0.25) is 0 Å². The first-order valence-electron chi connectivity index (χ1n) is 10.3. The van der Waals surface area contributed by atoms with Crippen LogP contribution in [0.3, 0.4) is 0 Å². The molecule has 0 aliphatic carbocycles. The van der Waals surface area contributed by atoms with Gasteiger partial charge in [0.05, 0.1) is 44.3 Å². The predicted molar refractivity (Wildman–Crippen MR) is 135 cm³/mol. The van der Waals surface area contributed by atoms with Crippen molar-refractivity contribution in [2.75, 3.05) is 41.1 Å². The Balaban J connectivity index is 1.93. The zero-order chi connectivity index (χ0) is 25.8. The average molecular weight is 599 g/mol. The summed E-state index contributed by atoms with van der Waals surface area (Å²) in [6.45, 7) is 1.43. The van der Waals surface area contributed by atoms with Crippen LogP contribution in [-0.2, 0) is 14.3 Å². The largest absolute Gasteiger partial charge is 0.493 e. The smallest absolute Gasteiger partial charge is 0.344 e. The van der Waals surface area contributed by atoms with Crippen molar-refractivity contribution in [1.82, 2.24) is 10.7 Å².